The van der Waals surface area contributed by atoms with Gasteiger partial charge in [0.25, 0.3) is 5.91 Å². The van der Waals surface area contributed by atoms with E-state index < -0.39 is 0 Å². The summed E-state index contributed by atoms with van der Waals surface area (Å²) in [6.07, 6.45) is 0. The van der Waals surface area contributed by atoms with E-state index in [1.807, 2.05) is 68.8 Å². The fourth-order valence-corrected chi connectivity index (χ4v) is 5.76. The molecule has 0 aliphatic carbocycles. The van der Waals surface area contributed by atoms with Gasteiger partial charge in [0, 0.05) is 34.5 Å². The largest absolute Gasteiger partial charge is 0.329 e. The molecule has 6 rings (SSSR count). The van der Waals surface area contributed by atoms with E-state index in [9.17, 15) is 10.1 Å². The van der Waals surface area contributed by atoms with Crippen LogP contribution in [0.1, 0.15) is 21.7 Å². The summed E-state index contributed by atoms with van der Waals surface area (Å²) >= 11 is 3.16. The fraction of sp³-hybridized carbons (Fsp3) is 0.115. The third-order valence-electron chi connectivity index (χ3n) is 5.99. The number of carbonyl (C=O) groups is 1. The van der Waals surface area contributed by atoms with E-state index in [4.69, 9.17) is 4.98 Å². The van der Waals surface area contributed by atoms with Gasteiger partial charge in [-0.15, -0.1) is 32.9 Å². The maximum Gasteiger partial charge on any atom is 0.254 e. The zero-order valence-electron chi connectivity index (χ0n) is 18.5. The molecular weight excluding hydrogens is 476 g/mol. The minimum Gasteiger partial charge on any atom is -0.329 e. The summed E-state index contributed by atoms with van der Waals surface area (Å²) in [6.45, 7) is 1.56. The lowest BCUT2D eigenvalue weighted by Crippen LogP contribution is -2.38. The van der Waals surface area contributed by atoms with Crippen molar-refractivity contribution in [2.75, 3.05) is 6.54 Å². The number of hydrogen-bond donors (Lipinski definition) is 0. The van der Waals surface area contributed by atoms with Crippen LogP contribution in [0, 0.1) is 11.3 Å². The molecule has 1 amide bonds. The zero-order chi connectivity index (χ0) is 23.8. The second-order valence-electron chi connectivity index (χ2n) is 8.07. The molecule has 0 N–H and O–H groups in total. The van der Waals surface area contributed by atoms with Crippen molar-refractivity contribution in [1.82, 2.24) is 24.6 Å². The van der Waals surface area contributed by atoms with Crippen molar-refractivity contribution in [3.63, 3.8) is 0 Å². The molecule has 35 heavy (non-hydrogen) atoms. The van der Waals surface area contributed by atoms with Crippen molar-refractivity contribution in [3.8, 4) is 38.6 Å². The van der Waals surface area contributed by atoms with E-state index in [0.29, 0.717) is 36.6 Å². The zero-order valence-corrected chi connectivity index (χ0v) is 20.1. The van der Waals surface area contributed by atoms with Gasteiger partial charge in [-0.25, -0.2) is 4.98 Å². The maximum atomic E-state index is 13.1. The monoisotopic (exact) mass is 494 g/mol. The molecule has 9 heteroatoms. The van der Waals surface area contributed by atoms with Crippen LogP contribution in [0.15, 0.2) is 71.4 Å². The number of carbonyl (C=O) groups excluding carboxylic acids is 1. The van der Waals surface area contributed by atoms with Gasteiger partial charge in [0.05, 0.1) is 18.2 Å². The second kappa shape index (κ2) is 8.91. The number of amides is 1. The standard InChI is InChI=1S/C26H18N6OS2/c27-14-19-4-1-2-5-20(19)25-28-21(16-35-25)24-30-29-23-15-31(11-12-32(23)24)26(33)18-9-7-17(8-10-18)22-6-3-13-34-22/h1-10,13,16H,11-12,15H2. The number of rotatable bonds is 4. The summed E-state index contributed by atoms with van der Waals surface area (Å²) < 4.78 is 2.03. The van der Waals surface area contributed by atoms with Gasteiger partial charge in [0.15, 0.2) is 11.6 Å². The molecule has 0 radical (unpaired) electrons. The highest BCUT2D eigenvalue weighted by Crippen LogP contribution is 2.31. The van der Waals surface area contributed by atoms with Crippen LogP contribution >= 0.6 is 22.7 Å². The Morgan fingerprint density at radius 1 is 0.971 bits per heavy atom. The summed E-state index contributed by atoms with van der Waals surface area (Å²) in [5, 5.41) is 22.9. The Morgan fingerprint density at radius 2 is 1.83 bits per heavy atom. The van der Waals surface area contributed by atoms with Crippen molar-refractivity contribution < 1.29 is 4.79 Å². The van der Waals surface area contributed by atoms with Crippen LogP contribution in [0.5, 0.6) is 0 Å². The molecule has 7 nitrogen and oxygen atoms in total. The summed E-state index contributed by atoms with van der Waals surface area (Å²) in [4.78, 5) is 20.9. The fourth-order valence-electron chi connectivity index (χ4n) is 4.19. The molecule has 0 bridgehead atoms. The molecular formula is C26H18N6OS2. The van der Waals surface area contributed by atoms with Gasteiger partial charge in [0.2, 0.25) is 0 Å². The molecule has 170 valence electrons. The highest BCUT2D eigenvalue weighted by atomic mass is 32.1. The number of fused-ring (bicyclic) bond motifs is 1. The average molecular weight is 495 g/mol. The number of thiazole rings is 1. The lowest BCUT2D eigenvalue weighted by atomic mass is 10.1. The minimum absolute atomic E-state index is 0.0115. The summed E-state index contributed by atoms with van der Waals surface area (Å²) in [7, 11) is 0. The Kier molecular flexibility index (Phi) is 5.45. The molecule has 4 heterocycles. The van der Waals surface area contributed by atoms with Crippen molar-refractivity contribution in [2.24, 2.45) is 0 Å². The van der Waals surface area contributed by atoms with Crippen molar-refractivity contribution in [2.45, 2.75) is 13.1 Å². The summed E-state index contributed by atoms with van der Waals surface area (Å²) in [5.41, 5.74) is 3.90. The molecule has 2 aromatic carbocycles. The molecule has 0 atom stereocenters. The van der Waals surface area contributed by atoms with E-state index in [-0.39, 0.29) is 5.91 Å². The molecule has 1 aliphatic rings. The number of nitrogens with zero attached hydrogens (tertiary/aromatic N) is 6. The number of thiophene rings is 1. The van der Waals surface area contributed by atoms with Crippen LogP contribution in [0.2, 0.25) is 0 Å². The van der Waals surface area contributed by atoms with Gasteiger partial charge in [-0.1, -0.05) is 36.4 Å². The predicted octanol–water partition coefficient (Wildman–Crippen LogP) is 5.32. The van der Waals surface area contributed by atoms with Gasteiger partial charge in [-0.3, -0.25) is 4.79 Å². The van der Waals surface area contributed by atoms with E-state index in [1.54, 1.807) is 17.4 Å². The number of benzene rings is 2. The predicted molar refractivity (Wildman–Crippen MR) is 136 cm³/mol. The van der Waals surface area contributed by atoms with Crippen LogP contribution in [0.3, 0.4) is 0 Å². The summed E-state index contributed by atoms with van der Waals surface area (Å²) in [6, 6.07) is 21.5. The second-order valence-corrected chi connectivity index (χ2v) is 9.87. The topological polar surface area (TPSA) is 87.7 Å². The van der Waals surface area contributed by atoms with Gasteiger partial charge in [-0.05, 0) is 35.2 Å². The Labute approximate surface area is 209 Å². The SMILES string of the molecule is N#Cc1ccccc1-c1nc(-c2nnc3n2CCN(C(=O)c2ccc(-c4cccs4)cc2)C3)cs1. The quantitative estimate of drug-likeness (QED) is 0.337. The highest BCUT2D eigenvalue weighted by molar-refractivity contribution is 7.13. The molecule has 5 aromatic rings. The Bertz CT molecular complexity index is 1560. The Morgan fingerprint density at radius 3 is 2.63 bits per heavy atom. The first-order valence-corrected chi connectivity index (χ1v) is 12.8. The van der Waals surface area contributed by atoms with Crippen molar-refractivity contribution in [3.05, 3.63) is 88.4 Å². The third kappa shape index (κ3) is 3.93. The Hall–Kier alpha value is -4.13. The van der Waals surface area contributed by atoms with Crippen LogP contribution < -0.4 is 0 Å². The molecule has 0 saturated heterocycles. The van der Waals surface area contributed by atoms with E-state index in [2.05, 4.69) is 22.3 Å². The number of nitriles is 1. The molecule has 0 unspecified atom stereocenters. The van der Waals surface area contributed by atoms with Gasteiger partial charge in [-0.2, -0.15) is 5.26 Å². The van der Waals surface area contributed by atoms with E-state index in [0.717, 1.165) is 27.7 Å². The summed E-state index contributed by atoms with van der Waals surface area (Å²) in [5.74, 6) is 1.41. The van der Waals surface area contributed by atoms with Gasteiger partial charge >= 0.3 is 0 Å². The maximum absolute atomic E-state index is 13.1. The first-order valence-electron chi connectivity index (χ1n) is 11.0. The van der Waals surface area contributed by atoms with Crippen LogP contribution in [-0.2, 0) is 13.1 Å². The van der Waals surface area contributed by atoms with Crippen LogP contribution in [0.4, 0.5) is 0 Å². The minimum atomic E-state index is -0.0115. The normalized spacial score (nSPS) is 12.8. The molecule has 0 saturated carbocycles. The van der Waals surface area contributed by atoms with Crippen molar-refractivity contribution >= 4 is 28.6 Å². The smallest absolute Gasteiger partial charge is 0.254 e. The van der Waals surface area contributed by atoms with E-state index >= 15 is 0 Å². The van der Waals surface area contributed by atoms with E-state index in [1.165, 1.54) is 16.2 Å². The number of aromatic nitrogens is 4. The lowest BCUT2D eigenvalue weighted by Gasteiger charge is -2.27. The first-order chi connectivity index (χ1) is 17.2. The highest BCUT2D eigenvalue weighted by Gasteiger charge is 2.26. The molecule has 0 spiro atoms. The van der Waals surface area contributed by atoms with Gasteiger partial charge in [0.1, 0.15) is 10.7 Å². The van der Waals surface area contributed by atoms with Crippen molar-refractivity contribution in [1.29, 1.82) is 5.26 Å². The van der Waals surface area contributed by atoms with Crippen LogP contribution in [0.25, 0.3) is 32.5 Å². The average Bonchev–Trinajstić information content (AvgIpc) is 3.69. The van der Waals surface area contributed by atoms with Gasteiger partial charge < -0.3 is 9.47 Å². The lowest BCUT2D eigenvalue weighted by molar-refractivity contribution is 0.0708. The Balaban J connectivity index is 1.21. The number of hydrogen-bond acceptors (Lipinski definition) is 7. The molecule has 1 aliphatic heterocycles. The third-order valence-corrected chi connectivity index (χ3v) is 7.78. The molecule has 3 aromatic heterocycles. The van der Waals surface area contributed by atoms with Crippen LogP contribution in [-0.4, -0.2) is 37.1 Å². The first kappa shape index (κ1) is 21.4. The molecule has 0 fully saturated rings.